The van der Waals surface area contributed by atoms with E-state index in [0.717, 1.165) is 0 Å². The molecule has 0 spiro atoms. The molecule has 1 fully saturated rings. The molecule has 5 nitrogen and oxygen atoms in total. The van der Waals surface area contributed by atoms with Crippen LogP contribution in [-0.4, -0.2) is 55.6 Å². The Morgan fingerprint density at radius 2 is 1.66 bits per heavy atom. The van der Waals surface area contributed by atoms with Crippen molar-refractivity contribution in [2.24, 2.45) is 0 Å². The van der Waals surface area contributed by atoms with Crippen molar-refractivity contribution in [3.63, 3.8) is 0 Å². The number of benzene rings is 1. The van der Waals surface area contributed by atoms with Crippen LogP contribution in [0, 0.1) is 17.5 Å². The number of nitrogens with one attached hydrogen (secondary N) is 1. The van der Waals surface area contributed by atoms with Gasteiger partial charge in [-0.2, -0.15) is 56.4 Å². The topological polar surface area (TPSA) is 58.6 Å². The molecule has 0 aromatic heterocycles. The largest absolute Gasteiger partial charge is 0.402 e. The van der Waals surface area contributed by atoms with Crippen molar-refractivity contribution in [2.45, 2.75) is 42.6 Å². The van der Waals surface area contributed by atoms with Gasteiger partial charge in [-0.3, -0.25) is 0 Å². The van der Waals surface area contributed by atoms with Gasteiger partial charge in [-0.1, -0.05) is 0 Å². The third-order valence-corrected chi connectivity index (χ3v) is 6.49. The quantitative estimate of drug-likeness (QED) is 0.312. The third kappa shape index (κ3) is 7.13. The first-order valence-corrected chi connectivity index (χ1v) is 10.7. The van der Waals surface area contributed by atoms with E-state index in [4.69, 9.17) is 4.74 Å². The molecular formula is C16H17F9N2O3S2. The van der Waals surface area contributed by atoms with Gasteiger partial charge in [0.2, 0.25) is 0 Å². The van der Waals surface area contributed by atoms with Crippen LogP contribution in [0.4, 0.5) is 39.5 Å². The Kier molecular flexibility index (Phi) is 8.07. The molecule has 0 radical (unpaired) electrons. The average molecular weight is 520 g/mol. The van der Waals surface area contributed by atoms with E-state index >= 15 is 0 Å². The number of thiol groups is 1. The van der Waals surface area contributed by atoms with Crippen molar-refractivity contribution in [3.05, 3.63) is 35.1 Å². The van der Waals surface area contributed by atoms with Gasteiger partial charge in [-0.25, -0.2) is 13.2 Å². The Morgan fingerprint density at radius 3 is 2.22 bits per heavy atom. The molecule has 0 amide bonds. The minimum atomic E-state index is -5.07. The van der Waals surface area contributed by atoms with E-state index in [1.54, 1.807) is 0 Å². The van der Waals surface area contributed by atoms with Crippen molar-refractivity contribution in [2.75, 3.05) is 19.7 Å². The summed E-state index contributed by atoms with van der Waals surface area (Å²) in [7, 11) is -5.07. The summed E-state index contributed by atoms with van der Waals surface area (Å²) in [5.41, 5.74) is -2.96. The van der Waals surface area contributed by atoms with E-state index in [0.29, 0.717) is 6.07 Å². The summed E-state index contributed by atoms with van der Waals surface area (Å²) in [6, 6.07) is 0.604. The molecule has 184 valence electrons. The minimum Gasteiger partial charge on any atom is -0.375 e. The number of hydrogen-bond donors (Lipinski definition) is 2. The second-order valence-corrected chi connectivity index (χ2v) is 9.61. The minimum absolute atomic E-state index is 0.191. The Hall–Kier alpha value is -1.23. The summed E-state index contributed by atoms with van der Waals surface area (Å²) in [6.07, 6.45) is -12.3. The SMILES string of the molecule is O=S(=O)(NCC(F)(F)F)N1C[C@H](S)C[C@]1(COCc1cc(F)c(F)cc1F)CC(F)(F)F. The maximum absolute atomic E-state index is 13.7. The molecular weight excluding hydrogens is 503 g/mol. The van der Waals surface area contributed by atoms with Gasteiger partial charge in [-0.15, -0.1) is 0 Å². The molecule has 1 saturated heterocycles. The molecule has 2 rings (SSSR count). The fraction of sp³-hybridized carbons (Fsp3) is 0.625. The number of rotatable bonds is 8. The van der Waals surface area contributed by atoms with Crippen LogP contribution in [0.1, 0.15) is 18.4 Å². The predicted octanol–water partition coefficient (Wildman–Crippen LogP) is 3.71. The molecule has 1 aromatic rings. The molecule has 1 aliphatic rings. The van der Waals surface area contributed by atoms with Gasteiger partial charge in [0, 0.05) is 23.4 Å². The van der Waals surface area contributed by atoms with Crippen molar-refractivity contribution in [1.82, 2.24) is 9.03 Å². The number of nitrogens with zero attached hydrogens (tertiary/aromatic N) is 1. The van der Waals surface area contributed by atoms with Crippen molar-refractivity contribution in [1.29, 1.82) is 0 Å². The molecule has 0 bridgehead atoms. The zero-order valence-corrected chi connectivity index (χ0v) is 17.6. The molecule has 16 heteroatoms. The second kappa shape index (κ2) is 9.56. The molecule has 1 aromatic carbocycles. The second-order valence-electron chi connectivity index (χ2n) is 7.20. The van der Waals surface area contributed by atoms with Crippen molar-refractivity contribution >= 4 is 22.8 Å². The molecule has 32 heavy (non-hydrogen) atoms. The molecule has 1 heterocycles. The van der Waals surface area contributed by atoms with Gasteiger partial charge in [0.25, 0.3) is 10.2 Å². The lowest BCUT2D eigenvalue weighted by atomic mass is 9.94. The van der Waals surface area contributed by atoms with Crippen LogP contribution in [0.25, 0.3) is 0 Å². The number of hydrogen-bond acceptors (Lipinski definition) is 4. The van der Waals surface area contributed by atoms with E-state index in [-0.39, 0.29) is 10.4 Å². The first-order valence-electron chi connectivity index (χ1n) is 8.74. The van der Waals surface area contributed by atoms with Crippen LogP contribution < -0.4 is 4.72 Å². The highest BCUT2D eigenvalue weighted by Gasteiger charge is 2.55. The highest BCUT2D eigenvalue weighted by molar-refractivity contribution is 7.87. The lowest BCUT2D eigenvalue weighted by molar-refractivity contribution is -0.162. The molecule has 1 N–H and O–H groups in total. The predicted molar refractivity (Wildman–Crippen MR) is 96.4 cm³/mol. The van der Waals surface area contributed by atoms with Gasteiger partial charge in [0.15, 0.2) is 11.6 Å². The lowest BCUT2D eigenvalue weighted by Crippen LogP contribution is -2.56. The Labute approximate surface area is 182 Å². The maximum Gasteiger partial charge on any atom is 0.402 e. The normalized spacial score (nSPS) is 23.1. The Balaban J connectivity index is 2.30. The zero-order valence-electron chi connectivity index (χ0n) is 15.9. The summed E-state index contributed by atoms with van der Waals surface area (Å²) in [4.78, 5) is 0. The molecule has 1 aliphatic heterocycles. The van der Waals surface area contributed by atoms with Gasteiger partial charge < -0.3 is 4.74 Å². The molecule has 0 saturated carbocycles. The molecule has 0 aliphatic carbocycles. The smallest absolute Gasteiger partial charge is 0.375 e. The Morgan fingerprint density at radius 1 is 1.06 bits per heavy atom. The van der Waals surface area contributed by atoms with Gasteiger partial charge >= 0.3 is 12.4 Å². The first kappa shape index (κ1) is 27.0. The molecule has 2 atom stereocenters. The van der Waals surface area contributed by atoms with E-state index < -0.39 is 95.5 Å². The van der Waals surface area contributed by atoms with Crippen molar-refractivity contribution in [3.8, 4) is 0 Å². The summed E-state index contributed by atoms with van der Waals surface area (Å²) in [6.45, 7) is -4.57. The van der Waals surface area contributed by atoms with Crippen LogP contribution in [-0.2, 0) is 21.6 Å². The number of halogens is 9. The Bertz CT molecular complexity index is 925. The number of ether oxygens (including phenoxy) is 1. The molecule has 0 unspecified atom stereocenters. The zero-order chi connectivity index (χ0) is 24.5. The third-order valence-electron chi connectivity index (χ3n) is 4.51. The summed E-state index contributed by atoms with van der Waals surface area (Å²) in [5.74, 6) is -4.23. The van der Waals surface area contributed by atoms with Crippen LogP contribution in [0.3, 0.4) is 0 Å². The van der Waals surface area contributed by atoms with Crippen LogP contribution in [0.2, 0.25) is 0 Å². The van der Waals surface area contributed by atoms with E-state index in [2.05, 4.69) is 12.6 Å². The fourth-order valence-electron chi connectivity index (χ4n) is 3.33. The van der Waals surface area contributed by atoms with Gasteiger partial charge in [0.1, 0.15) is 12.4 Å². The van der Waals surface area contributed by atoms with Crippen molar-refractivity contribution < 1.29 is 52.7 Å². The average Bonchev–Trinajstić information content (AvgIpc) is 2.92. The highest BCUT2D eigenvalue weighted by Crippen LogP contribution is 2.42. The lowest BCUT2D eigenvalue weighted by Gasteiger charge is -2.37. The van der Waals surface area contributed by atoms with Crippen LogP contribution in [0.15, 0.2) is 12.1 Å². The summed E-state index contributed by atoms with van der Waals surface area (Å²) in [5, 5.41) is -0.983. The van der Waals surface area contributed by atoms with E-state index in [1.807, 2.05) is 0 Å². The van der Waals surface area contributed by atoms with E-state index in [1.165, 1.54) is 4.72 Å². The maximum atomic E-state index is 13.7. The van der Waals surface area contributed by atoms with E-state index in [9.17, 15) is 47.9 Å². The van der Waals surface area contributed by atoms with Gasteiger partial charge in [-0.05, 0) is 12.5 Å². The number of alkyl halides is 6. The highest BCUT2D eigenvalue weighted by atomic mass is 32.2. The summed E-state index contributed by atoms with van der Waals surface area (Å²) < 4.78 is 148. The van der Waals surface area contributed by atoms with Crippen LogP contribution >= 0.6 is 12.6 Å². The first-order chi connectivity index (χ1) is 14.4. The monoisotopic (exact) mass is 520 g/mol. The fourth-order valence-corrected chi connectivity index (χ4v) is 5.53. The van der Waals surface area contributed by atoms with Gasteiger partial charge in [0.05, 0.1) is 25.2 Å². The van der Waals surface area contributed by atoms with Crippen LogP contribution in [0.5, 0.6) is 0 Å². The standard InChI is InChI=1S/C16H17F9N2O3S2/c17-11-2-13(19)12(18)1-9(11)5-30-8-14(6-15(20,21)22)3-10(31)4-27(14)32(28,29)26-7-16(23,24)25/h1-2,10,26,31H,3-8H2/t10-,14-/m1/s1. The summed E-state index contributed by atoms with van der Waals surface area (Å²) >= 11 is 3.97.